The molecule has 35 heavy (non-hydrogen) atoms. The van der Waals surface area contributed by atoms with Gasteiger partial charge in [-0.1, -0.05) is 35.3 Å². The average Bonchev–Trinajstić information content (AvgIpc) is 2.82. The highest BCUT2D eigenvalue weighted by Gasteiger charge is 2.27. The largest absolute Gasteiger partial charge is 0.497 e. The van der Waals surface area contributed by atoms with Gasteiger partial charge in [-0.2, -0.15) is 0 Å². The molecule has 0 fully saturated rings. The summed E-state index contributed by atoms with van der Waals surface area (Å²) >= 11 is 11.8. The summed E-state index contributed by atoms with van der Waals surface area (Å²) in [6.07, 6.45) is 1.10. The molecule has 0 aliphatic heterocycles. The van der Waals surface area contributed by atoms with Crippen LogP contribution in [-0.4, -0.2) is 29.3 Å². The molecule has 2 aromatic carbocycles. The molecule has 0 unspecified atom stereocenters. The average molecular weight is 523 g/mol. The van der Waals surface area contributed by atoms with Gasteiger partial charge in [0.2, 0.25) is 0 Å². The van der Waals surface area contributed by atoms with E-state index in [1.54, 1.807) is 27.0 Å². The molecule has 0 amide bonds. The van der Waals surface area contributed by atoms with Crippen molar-refractivity contribution in [3.8, 4) is 22.6 Å². The van der Waals surface area contributed by atoms with Gasteiger partial charge in [-0.15, -0.1) is 0 Å². The first-order chi connectivity index (χ1) is 16.5. The van der Waals surface area contributed by atoms with Crippen LogP contribution in [0.1, 0.15) is 50.8 Å². The van der Waals surface area contributed by atoms with E-state index in [1.807, 2.05) is 31.2 Å². The highest BCUT2D eigenvalue weighted by atomic mass is 35.5. The fourth-order valence-electron chi connectivity index (χ4n) is 3.14. The topological polar surface area (TPSA) is 94.7 Å². The lowest BCUT2D eigenvalue weighted by molar-refractivity contribution is -0.138. The van der Waals surface area contributed by atoms with Crippen molar-refractivity contribution in [3.63, 3.8) is 0 Å². The van der Waals surface area contributed by atoms with Crippen LogP contribution in [0.5, 0.6) is 11.5 Å². The van der Waals surface area contributed by atoms with E-state index in [4.69, 9.17) is 38.4 Å². The number of benzene rings is 2. The second-order valence-corrected chi connectivity index (χ2v) is 8.92. The number of methoxy groups -OCH3 is 1. The van der Waals surface area contributed by atoms with Crippen LogP contribution >= 0.6 is 23.2 Å². The van der Waals surface area contributed by atoms with E-state index in [0.29, 0.717) is 11.1 Å². The maximum Gasteiger partial charge on any atom is 0.310 e. The van der Waals surface area contributed by atoms with Crippen molar-refractivity contribution in [2.75, 3.05) is 7.11 Å². The molecule has 1 aromatic heterocycles. The minimum atomic E-state index is -1.06. The van der Waals surface area contributed by atoms with Gasteiger partial charge >= 0.3 is 5.97 Å². The van der Waals surface area contributed by atoms with Crippen molar-refractivity contribution in [2.45, 2.75) is 45.8 Å². The smallest absolute Gasteiger partial charge is 0.310 e. The summed E-state index contributed by atoms with van der Waals surface area (Å²) in [5, 5.41) is 9.40. The van der Waals surface area contributed by atoms with E-state index in [9.17, 15) is 14.3 Å². The lowest BCUT2D eigenvalue weighted by atomic mass is 9.94. The van der Waals surface area contributed by atoms with Crippen molar-refractivity contribution in [3.05, 3.63) is 75.8 Å². The maximum absolute atomic E-state index is 14.7. The number of carboxylic acid groups (broad SMARTS) is 1. The zero-order valence-corrected chi connectivity index (χ0v) is 21.7. The van der Waals surface area contributed by atoms with Crippen LogP contribution in [0.3, 0.4) is 0 Å². The van der Waals surface area contributed by atoms with Gasteiger partial charge in [-0.3, -0.25) is 4.79 Å². The summed E-state index contributed by atoms with van der Waals surface area (Å²) in [5.74, 6) is -1.67. The van der Waals surface area contributed by atoms with Crippen molar-refractivity contribution in [1.29, 1.82) is 0 Å². The van der Waals surface area contributed by atoms with Crippen molar-refractivity contribution >= 4 is 29.2 Å². The van der Waals surface area contributed by atoms with Gasteiger partial charge in [0.15, 0.2) is 5.82 Å². The molecule has 3 aromatic rings. The van der Waals surface area contributed by atoms with Crippen LogP contribution in [0.25, 0.3) is 11.1 Å². The number of halogens is 3. The Labute approximate surface area is 214 Å². The van der Waals surface area contributed by atoms with Gasteiger partial charge in [0.05, 0.1) is 29.7 Å². The van der Waals surface area contributed by atoms with E-state index in [-0.39, 0.29) is 33.6 Å². The van der Waals surface area contributed by atoms with Gasteiger partial charge < -0.3 is 20.3 Å². The number of nitrogens with two attached hydrogens (primary N) is 1. The minimum Gasteiger partial charge on any atom is -0.497 e. The van der Waals surface area contributed by atoms with Crippen molar-refractivity contribution in [1.82, 2.24) is 4.98 Å². The van der Waals surface area contributed by atoms with Crippen LogP contribution in [-0.2, 0) is 4.79 Å². The molecule has 6 nitrogen and oxygen atoms in total. The first-order valence-corrected chi connectivity index (χ1v) is 11.6. The second kappa shape index (κ2) is 12.7. The third kappa shape index (κ3) is 7.56. The Morgan fingerprint density at radius 2 is 1.71 bits per heavy atom. The molecule has 3 rings (SSSR count). The molecule has 0 saturated heterocycles. The quantitative estimate of drug-likeness (QED) is 0.328. The first-order valence-electron chi connectivity index (χ1n) is 10.9. The number of nitrogens with zero attached hydrogens (tertiary/aromatic N) is 1. The molecular weight excluding hydrogens is 494 g/mol. The van der Waals surface area contributed by atoms with Crippen LogP contribution in [0, 0.1) is 5.82 Å². The number of carboxylic acids is 1. The number of ether oxygens (including phenoxy) is 2. The number of aliphatic carboxylic acids is 1. The molecular formula is C26H29Cl2FN2O4. The monoisotopic (exact) mass is 522 g/mol. The number of hydrogen-bond donors (Lipinski definition) is 2. The molecule has 2 atom stereocenters. The van der Waals surface area contributed by atoms with Crippen molar-refractivity contribution in [2.24, 2.45) is 5.73 Å². The summed E-state index contributed by atoms with van der Waals surface area (Å²) in [4.78, 5) is 15.3. The summed E-state index contributed by atoms with van der Waals surface area (Å²) in [7, 11) is 1.65. The van der Waals surface area contributed by atoms with Crippen LogP contribution in [0.4, 0.5) is 4.39 Å². The Balaban J connectivity index is 0.000000328. The summed E-state index contributed by atoms with van der Waals surface area (Å²) in [6.45, 7) is 6.99. The first kappa shape index (κ1) is 28.4. The van der Waals surface area contributed by atoms with Gasteiger partial charge in [-0.25, -0.2) is 9.37 Å². The zero-order valence-electron chi connectivity index (χ0n) is 20.2. The Kier molecular flexibility index (Phi) is 10.3. The SMILES string of the molecule is CC(C)Oc1c([C@H](C)C(=O)O)cc(Cl)c(F)c1-c1ccc(Cl)nc1.COc1ccc([C@@H](C)N)cc1. The summed E-state index contributed by atoms with van der Waals surface area (Å²) < 4.78 is 25.5. The highest BCUT2D eigenvalue weighted by molar-refractivity contribution is 6.31. The van der Waals surface area contributed by atoms with Gasteiger partial charge in [0, 0.05) is 23.4 Å². The maximum atomic E-state index is 14.7. The molecule has 3 N–H and O–H groups in total. The molecule has 9 heteroatoms. The molecule has 0 bridgehead atoms. The second-order valence-electron chi connectivity index (χ2n) is 8.12. The zero-order chi connectivity index (χ0) is 26.3. The van der Waals surface area contributed by atoms with Gasteiger partial charge in [0.1, 0.15) is 16.7 Å². The fraction of sp³-hybridized carbons (Fsp3) is 0.308. The predicted octanol–water partition coefficient (Wildman–Crippen LogP) is 6.88. The molecule has 0 saturated carbocycles. The molecule has 0 aliphatic carbocycles. The van der Waals surface area contributed by atoms with Crippen LogP contribution < -0.4 is 15.2 Å². The van der Waals surface area contributed by atoms with E-state index in [0.717, 1.165) is 11.3 Å². The standard InChI is InChI=1S/C17H16Cl2FNO3.C9H13NO/c1-8(2)24-16-11(9(3)17(22)23)6-12(18)15(20)14(16)10-4-5-13(19)21-7-10;1-7(10)8-3-5-9(11-2)6-4-8/h4-9H,1-3H3,(H,22,23);3-7H,10H2,1-2H3/t9-;7-/m01/s1. The highest BCUT2D eigenvalue weighted by Crippen LogP contribution is 2.42. The van der Waals surface area contributed by atoms with Gasteiger partial charge in [0.25, 0.3) is 0 Å². The third-order valence-corrected chi connectivity index (χ3v) is 5.55. The lowest BCUT2D eigenvalue weighted by Gasteiger charge is -2.21. The number of hydrogen-bond acceptors (Lipinski definition) is 5. The third-order valence-electron chi connectivity index (χ3n) is 5.05. The van der Waals surface area contributed by atoms with Crippen molar-refractivity contribution < 1.29 is 23.8 Å². The molecule has 1 heterocycles. The predicted molar refractivity (Wildman–Crippen MR) is 137 cm³/mol. The number of pyridine rings is 1. The number of aromatic nitrogens is 1. The number of rotatable bonds is 7. The van der Waals surface area contributed by atoms with Crippen LogP contribution in [0.2, 0.25) is 10.2 Å². The van der Waals surface area contributed by atoms with Crippen LogP contribution in [0.15, 0.2) is 48.7 Å². The lowest BCUT2D eigenvalue weighted by Crippen LogP contribution is -2.14. The molecule has 0 aliphatic rings. The minimum absolute atomic E-state index is 0.0727. The Morgan fingerprint density at radius 3 is 2.17 bits per heavy atom. The van der Waals surface area contributed by atoms with Gasteiger partial charge in [-0.05, 0) is 63.6 Å². The Bertz CT molecular complexity index is 1140. The molecule has 0 spiro atoms. The Hall–Kier alpha value is -2.87. The van der Waals surface area contributed by atoms with E-state index in [1.165, 1.54) is 25.3 Å². The van der Waals surface area contributed by atoms with E-state index < -0.39 is 17.7 Å². The fourth-order valence-corrected chi connectivity index (χ4v) is 3.46. The van der Waals surface area contributed by atoms with E-state index >= 15 is 0 Å². The summed E-state index contributed by atoms with van der Waals surface area (Å²) in [6, 6.07) is 12.3. The Morgan fingerprint density at radius 1 is 1.09 bits per heavy atom. The summed E-state index contributed by atoms with van der Waals surface area (Å²) in [5.41, 5.74) is 7.56. The normalized spacial score (nSPS) is 12.4. The van der Waals surface area contributed by atoms with E-state index in [2.05, 4.69) is 4.98 Å². The molecule has 0 radical (unpaired) electrons. The molecule has 188 valence electrons. The number of carbonyl (C=O) groups is 1.